The Morgan fingerprint density at radius 1 is 0.644 bits per heavy atom. The molecule has 2 aromatic rings. The van der Waals surface area contributed by atoms with Gasteiger partial charge in [-0.3, -0.25) is 4.79 Å². The summed E-state index contributed by atoms with van der Waals surface area (Å²) in [5.41, 5.74) is 6.73. The van der Waals surface area contributed by atoms with Crippen LogP contribution in [0, 0.1) is 5.41 Å². The Labute approximate surface area is 331 Å². The molecule has 2 N–H and O–H groups in total. The fourth-order valence-corrected chi connectivity index (χ4v) is 5.59. The molecule has 2 saturated heterocycles. The topological polar surface area (TPSA) is 121 Å². The lowest BCUT2D eigenvalue weighted by Gasteiger charge is -2.39. The number of aldehydes is 1. The van der Waals surface area contributed by atoms with Gasteiger partial charge in [-0.25, -0.2) is 9.59 Å². The first kappa shape index (κ1) is 50.5. The number of likely N-dealkylation sites (tertiary alicyclic amines) is 2. The van der Waals surface area contributed by atoms with Gasteiger partial charge in [0.05, 0.1) is 14.2 Å². The number of amides is 2. The summed E-state index contributed by atoms with van der Waals surface area (Å²) in [4.78, 5) is 35.1. The molecular formula is C37H45F12N3O7. The maximum Gasteiger partial charge on any atom is 0.434 e. The smallest absolute Gasteiger partial charge is 0.434 e. The number of nitrogens with two attached hydrogens (primary N) is 1. The van der Waals surface area contributed by atoms with E-state index in [0.29, 0.717) is 18.4 Å². The van der Waals surface area contributed by atoms with Gasteiger partial charge in [0.1, 0.15) is 17.8 Å². The average Bonchev–Trinajstić information content (AvgIpc) is 3.14. The molecule has 0 aromatic heterocycles. The van der Waals surface area contributed by atoms with Gasteiger partial charge in [0.15, 0.2) is 0 Å². The molecule has 10 nitrogen and oxygen atoms in total. The lowest BCUT2D eigenvalue weighted by molar-refractivity contribution is -0.309. The third-order valence-corrected chi connectivity index (χ3v) is 9.45. The number of carbonyl (C=O) groups is 3. The van der Waals surface area contributed by atoms with Gasteiger partial charge in [-0.15, -0.1) is 0 Å². The number of carbonyl (C=O) groups excluding carboxylic acids is 3. The zero-order chi connectivity index (χ0) is 45.0. The Hall–Kier alpha value is -4.63. The molecular weight excluding hydrogens is 826 g/mol. The van der Waals surface area contributed by atoms with Crippen LogP contribution in [-0.2, 0) is 15.9 Å². The zero-order valence-electron chi connectivity index (χ0n) is 32.3. The number of halogens is 12. The number of rotatable bonds is 8. The molecule has 0 radical (unpaired) electrons. The van der Waals surface area contributed by atoms with Crippen molar-refractivity contribution in [3.63, 3.8) is 0 Å². The third kappa shape index (κ3) is 16.9. The molecule has 0 saturated carbocycles. The van der Waals surface area contributed by atoms with Crippen LogP contribution in [0.25, 0.3) is 0 Å². The highest BCUT2D eigenvalue weighted by molar-refractivity contribution is 5.74. The van der Waals surface area contributed by atoms with Gasteiger partial charge in [-0.05, 0) is 92.8 Å². The number of hydrogen-bond donors (Lipinski definition) is 1. The summed E-state index contributed by atoms with van der Waals surface area (Å²) < 4.78 is 166. The molecule has 0 bridgehead atoms. The van der Waals surface area contributed by atoms with Gasteiger partial charge in [0.25, 0.3) is 12.2 Å². The predicted molar refractivity (Wildman–Crippen MR) is 187 cm³/mol. The van der Waals surface area contributed by atoms with E-state index in [1.165, 1.54) is 0 Å². The summed E-state index contributed by atoms with van der Waals surface area (Å²) in [5, 5.41) is 0. The van der Waals surface area contributed by atoms with Crippen LogP contribution < -0.4 is 15.2 Å². The van der Waals surface area contributed by atoms with Crippen molar-refractivity contribution in [1.82, 2.24) is 9.80 Å². The van der Waals surface area contributed by atoms with Crippen LogP contribution in [0.5, 0.6) is 11.5 Å². The lowest BCUT2D eigenvalue weighted by Crippen LogP contribution is -2.53. The molecule has 0 spiro atoms. The third-order valence-electron chi connectivity index (χ3n) is 9.45. The minimum Gasteiger partial charge on any atom is -0.497 e. The highest BCUT2D eigenvalue weighted by Gasteiger charge is 2.61. The number of ether oxygens (including phenoxy) is 4. The first-order valence-corrected chi connectivity index (χ1v) is 17.7. The van der Waals surface area contributed by atoms with Crippen molar-refractivity contribution in [2.75, 3.05) is 40.4 Å². The SMILES string of the molecule is CC1(N)CCN(C(=O)OC(C(F)(F)F)C(F)(F)F)CC1.COc1ccc(C=O)cc1.COc1ccc(CCC2(C)CCN(C(=O)OC(C(F)(F)F)C(F)(F)F)CC2)cc1. The van der Waals surface area contributed by atoms with Crippen LogP contribution in [0.4, 0.5) is 62.3 Å². The van der Waals surface area contributed by atoms with Gasteiger partial charge >= 0.3 is 36.9 Å². The summed E-state index contributed by atoms with van der Waals surface area (Å²) in [6.45, 7) is 3.67. The molecule has 2 aliphatic rings. The molecule has 2 aliphatic heterocycles. The van der Waals surface area contributed by atoms with Crippen LogP contribution >= 0.6 is 0 Å². The van der Waals surface area contributed by atoms with Crippen molar-refractivity contribution in [2.45, 2.75) is 94.8 Å². The van der Waals surface area contributed by atoms with E-state index >= 15 is 0 Å². The first-order valence-electron chi connectivity index (χ1n) is 17.7. The summed E-state index contributed by atoms with van der Waals surface area (Å²) in [5.74, 6) is 1.51. The second-order valence-electron chi connectivity index (χ2n) is 14.4. The maximum absolute atomic E-state index is 12.6. The number of piperidine rings is 2. The van der Waals surface area contributed by atoms with E-state index < -0.39 is 54.6 Å². The van der Waals surface area contributed by atoms with E-state index in [2.05, 4.69) is 9.47 Å². The second-order valence-corrected chi connectivity index (χ2v) is 14.4. The van der Waals surface area contributed by atoms with Crippen LogP contribution in [-0.4, -0.2) is 111 Å². The molecule has 2 fully saturated rings. The molecule has 59 heavy (non-hydrogen) atoms. The van der Waals surface area contributed by atoms with E-state index in [9.17, 15) is 67.1 Å². The summed E-state index contributed by atoms with van der Waals surface area (Å²) >= 11 is 0. The number of hydrogen-bond acceptors (Lipinski definition) is 8. The normalized spacial score (nSPS) is 16.9. The van der Waals surface area contributed by atoms with Crippen LogP contribution in [0.15, 0.2) is 48.5 Å². The van der Waals surface area contributed by atoms with Gasteiger partial charge in [-0.2, -0.15) is 52.7 Å². The van der Waals surface area contributed by atoms with E-state index in [1.807, 2.05) is 31.2 Å². The van der Waals surface area contributed by atoms with Crippen molar-refractivity contribution in [3.8, 4) is 11.5 Å². The standard InChI is InChI=1S/C19H23F6NO3.C10H14F6N2O2.C8H8O2/c1-17(8-7-13-3-5-14(28-2)6-4-13)9-11-26(12-10-17)16(27)29-15(18(20,21)22)19(23,24)25;1-8(17)2-4-18(5-3-8)7(19)20-6(9(11,12)13)10(14,15)16;1-10-8-4-2-7(6-9)3-5-8/h3-6,15H,7-12H2,1-2H3;6H,2-5,17H2,1H3;2-6H,1H3. The van der Waals surface area contributed by atoms with Crippen LogP contribution in [0.2, 0.25) is 0 Å². The first-order chi connectivity index (χ1) is 27.0. The molecule has 4 rings (SSSR count). The fraction of sp³-hybridized carbons (Fsp3) is 0.595. The van der Waals surface area contributed by atoms with E-state index in [0.717, 1.165) is 46.0 Å². The van der Waals surface area contributed by atoms with Crippen molar-refractivity contribution in [1.29, 1.82) is 0 Å². The number of methoxy groups -OCH3 is 2. The predicted octanol–water partition coefficient (Wildman–Crippen LogP) is 9.30. The Kier molecular flexibility index (Phi) is 17.6. The van der Waals surface area contributed by atoms with Crippen molar-refractivity contribution in [2.24, 2.45) is 11.1 Å². The second kappa shape index (κ2) is 20.6. The minimum atomic E-state index is -5.71. The maximum atomic E-state index is 12.6. The molecule has 0 atom stereocenters. The summed E-state index contributed by atoms with van der Waals surface area (Å²) in [6, 6.07) is 14.5. The Morgan fingerprint density at radius 2 is 0.983 bits per heavy atom. The number of alkyl halides is 12. The van der Waals surface area contributed by atoms with Crippen LogP contribution in [0.3, 0.4) is 0 Å². The van der Waals surface area contributed by atoms with Crippen molar-refractivity contribution in [3.05, 3.63) is 59.7 Å². The largest absolute Gasteiger partial charge is 0.497 e. The summed E-state index contributed by atoms with van der Waals surface area (Å²) in [7, 11) is 3.16. The van der Waals surface area contributed by atoms with Gasteiger partial charge < -0.3 is 34.5 Å². The average molecular weight is 872 g/mol. The summed E-state index contributed by atoms with van der Waals surface area (Å²) in [6.07, 6.45) is -30.5. The molecule has 2 heterocycles. The van der Waals surface area contributed by atoms with Gasteiger partial charge in [-0.1, -0.05) is 19.1 Å². The fourth-order valence-electron chi connectivity index (χ4n) is 5.59. The lowest BCUT2D eigenvalue weighted by atomic mass is 9.76. The highest BCUT2D eigenvalue weighted by Crippen LogP contribution is 2.39. The molecule has 22 heteroatoms. The quantitative estimate of drug-likeness (QED) is 0.206. The number of aryl methyl sites for hydroxylation is 1. The minimum absolute atomic E-state index is 0.0420. The monoisotopic (exact) mass is 871 g/mol. The molecule has 2 amide bonds. The number of benzene rings is 2. The zero-order valence-corrected chi connectivity index (χ0v) is 32.3. The van der Waals surface area contributed by atoms with Crippen molar-refractivity contribution < 1.29 is 86.0 Å². The van der Waals surface area contributed by atoms with Crippen LogP contribution in [0.1, 0.15) is 61.9 Å². The Morgan fingerprint density at radius 3 is 1.31 bits per heavy atom. The molecule has 334 valence electrons. The van der Waals surface area contributed by atoms with E-state index in [-0.39, 0.29) is 44.4 Å². The number of nitrogens with zero attached hydrogens (tertiary/aromatic N) is 2. The molecule has 0 aliphatic carbocycles. The highest BCUT2D eigenvalue weighted by atomic mass is 19.4. The van der Waals surface area contributed by atoms with Gasteiger partial charge in [0, 0.05) is 37.3 Å². The Bertz CT molecular complexity index is 1590. The van der Waals surface area contributed by atoms with Gasteiger partial charge in [0.2, 0.25) is 0 Å². The van der Waals surface area contributed by atoms with Crippen molar-refractivity contribution >= 4 is 18.5 Å². The van der Waals surface area contributed by atoms with E-state index in [1.54, 1.807) is 45.4 Å². The molecule has 2 aromatic carbocycles. The molecule has 0 unspecified atom stereocenters. The Balaban J connectivity index is 0.000000343. The van der Waals surface area contributed by atoms with E-state index in [4.69, 9.17) is 15.2 Å².